The lowest BCUT2D eigenvalue weighted by Gasteiger charge is -2.32. The lowest BCUT2D eigenvalue weighted by molar-refractivity contribution is -0.129. The number of aromatic nitrogens is 1. The van der Waals surface area contributed by atoms with Gasteiger partial charge in [0.25, 0.3) is 0 Å². The molecule has 1 saturated heterocycles. The van der Waals surface area contributed by atoms with E-state index < -0.39 is 5.97 Å². The first-order valence-electron chi connectivity index (χ1n) is 6.44. The van der Waals surface area contributed by atoms with Gasteiger partial charge in [-0.2, -0.15) is 0 Å². The number of ether oxygens (including phenoxy) is 1. The molecule has 0 spiro atoms. The van der Waals surface area contributed by atoms with Crippen LogP contribution in [0.25, 0.3) is 0 Å². The molecule has 1 aliphatic rings. The van der Waals surface area contributed by atoms with Gasteiger partial charge >= 0.3 is 5.97 Å². The first-order valence-corrected chi connectivity index (χ1v) is 6.44. The van der Waals surface area contributed by atoms with Gasteiger partial charge in [0.05, 0.1) is 30.6 Å². The summed E-state index contributed by atoms with van der Waals surface area (Å²) in [7, 11) is 1.76. The van der Waals surface area contributed by atoms with Crippen LogP contribution in [0.5, 0.6) is 0 Å². The monoisotopic (exact) mass is 278 g/mol. The van der Waals surface area contributed by atoms with Crippen molar-refractivity contribution in [1.29, 1.82) is 0 Å². The Kier molecular flexibility index (Phi) is 4.07. The number of esters is 1. The number of nitrogen functional groups attached to an aromatic ring is 1. The minimum absolute atomic E-state index is 0.0209. The number of amides is 1. The summed E-state index contributed by atoms with van der Waals surface area (Å²) in [5.74, 6) is 0.102. The van der Waals surface area contributed by atoms with Crippen molar-refractivity contribution in [2.75, 3.05) is 43.9 Å². The molecule has 1 amide bonds. The molecule has 0 aromatic carbocycles. The highest BCUT2D eigenvalue weighted by molar-refractivity contribution is 5.96. The van der Waals surface area contributed by atoms with Crippen LogP contribution in [0, 0.1) is 0 Å². The summed E-state index contributed by atoms with van der Waals surface area (Å²) < 4.78 is 4.95. The normalized spacial score (nSPS) is 15.4. The quantitative estimate of drug-likeness (QED) is 0.790. The van der Waals surface area contributed by atoms with Crippen LogP contribution in [0.2, 0.25) is 0 Å². The SMILES string of the molecule is CCOC(=O)c1cc(N2CCN(C)C(=O)C2)ncc1N. The van der Waals surface area contributed by atoms with Crippen LogP contribution in [0.1, 0.15) is 17.3 Å². The summed E-state index contributed by atoms with van der Waals surface area (Å²) in [5.41, 5.74) is 6.29. The second-order valence-corrected chi connectivity index (χ2v) is 4.59. The molecule has 7 nitrogen and oxygen atoms in total. The van der Waals surface area contributed by atoms with E-state index in [-0.39, 0.29) is 30.3 Å². The average molecular weight is 278 g/mol. The van der Waals surface area contributed by atoms with Crippen molar-refractivity contribution in [3.63, 3.8) is 0 Å². The van der Waals surface area contributed by atoms with Crippen LogP contribution in [-0.4, -0.2) is 55.0 Å². The number of carbonyl (C=O) groups is 2. The molecule has 0 aliphatic carbocycles. The van der Waals surface area contributed by atoms with E-state index in [1.807, 2.05) is 4.90 Å². The summed E-state index contributed by atoms with van der Waals surface area (Å²) in [6.07, 6.45) is 1.42. The summed E-state index contributed by atoms with van der Waals surface area (Å²) in [5, 5.41) is 0. The number of carbonyl (C=O) groups excluding carboxylic acids is 2. The fourth-order valence-corrected chi connectivity index (χ4v) is 1.97. The number of nitrogens with two attached hydrogens (primary N) is 1. The smallest absolute Gasteiger partial charge is 0.340 e. The molecule has 20 heavy (non-hydrogen) atoms. The minimum Gasteiger partial charge on any atom is -0.462 e. The second-order valence-electron chi connectivity index (χ2n) is 4.59. The molecule has 1 fully saturated rings. The fraction of sp³-hybridized carbons (Fsp3) is 0.462. The molecule has 108 valence electrons. The van der Waals surface area contributed by atoms with Crippen LogP contribution < -0.4 is 10.6 Å². The molecule has 2 heterocycles. The number of hydrogen-bond acceptors (Lipinski definition) is 6. The molecular weight excluding hydrogens is 260 g/mol. The summed E-state index contributed by atoms with van der Waals surface area (Å²) in [6.45, 7) is 3.55. The zero-order valence-electron chi connectivity index (χ0n) is 11.6. The van der Waals surface area contributed by atoms with E-state index in [1.165, 1.54) is 6.20 Å². The summed E-state index contributed by atoms with van der Waals surface area (Å²) in [6, 6.07) is 1.58. The summed E-state index contributed by atoms with van der Waals surface area (Å²) in [4.78, 5) is 31.2. The van der Waals surface area contributed by atoms with E-state index in [0.717, 1.165) is 0 Å². The number of likely N-dealkylation sites (N-methyl/N-ethyl adjacent to an activating group) is 1. The molecule has 2 rings (SSSR count). The Balaban J connectivity index is 2.23. The highest BCUT2D eigenvalue weighted by atomic mass is 16.5. The Morgan fingerprint density at radius 1 is 1.50 bits per heavy atom. The van der Waals surface area contributed by atoms with Gasteiger partial charge in [0.15, 0.2) is 0 Å². The molecule has 0 unspecified atom stereocenters. The number of pyridine rings is 1. The van der Waals surface area contributed by atoms with E-state index >= 15 is 0 Å². The fourth-order valence-electron chi connectivity index (χ4n) is 1.97. The van der Waals surface area contributed by atoms with Gasteiger partial charge < -0.3 is 20.3 Å². The maximum absolute atomic E-state index is 11.8. The molecule has 2 N–H and O–H groups in total. The molecule has 0 saturated carbocycles. The van der Waals surface area contributed by atoms with Gasteiger partial charge in [-0.15, -0.1) is 0 Å². The van der Waals surface area contributed by atoms with Crippen molar-refractivity contribution in [2.24, 2.45) is 0 Å². The highest BCUT2D eigenvalue weighted by Crippen LogP contribution is 2.20. The van der Waals surface area contributed by atoms with Crippen molar-refractivity contribution < 1.29 is 14.3 Å². The number of piperazine rings is 1. The van der Waals surface area contributed by atoms with Crippen LogP contribution in [0.4, 0.5) is 11.5 Å². The maximum Gasteiger partial charge on any atom is 0.340 e. The molecule has 0 bridgehead atoms. The van der Waals surface area contributed by atoms with Gasteiger partial charge in [0.1, 0.15) is 5.82 Å². The number of hydrogen-bond donors (Lipinski definition) is 1. The molecule has 1 aromatic heterocycles. The number of anilines is 2. The third-order valence-electron chi connectivity index (χ3n) is 3.20. The van der Waals surface area contributed by atoms with E-state index in [4.69, 9.17) is 10.5 Å². The van der Waals surface area contributed by atoms with E-state index in [2.05, 4.69) is 4.98 Å². The predicted molar refractivity (Wildman–Crippen MR) is 74.5 cm³/mol. The predicted octanol–water partition coefficient (Wildman–Crippen LogP) is 0.119. The Bertz CT molecular complexity index is 532. The lowest BCUT2D eigenvalue weighted by atomic mass is 10.2. The molecule has 1 aromatic rings. The first-order chi connectivity index (χ1) is 9.52. The highest BCUT2D eigenvalue weighted by Gasteiger charge is 2.23. The van der Waals surface area contributed by atoms with E-state index in [1.54, 1.807) is 24.9 Å². The van der Waals surface area contributed by atoms with Crippen molar-refractivity contribution >= 4 is 23.4 Å². The van der Waals surface area contributed by atoms with Gasteiger partial charge in [-0.05, 0) is 13.0 Å². The standard InChI is InChI=1S/C13H18N4O3/c1-3-20-13(19)9-6-11(15-7-10(9)14)17-5-4-16(2)12(18)8-17/h6-7H,3-5,8,14H2,1-2H3. The van der Waals surface area contributed by atoms with Crippen molar-refractivity contribution in [3.05, 3.63) is 17.8 Å². The van der Waals surface area contributed by atoms with Gasteiger partial charge in [-0.1, -0.05) is 0 Å². The van der Waals surface area contributed by atoms with Crippen molar-refractivity contribution in [1.82, 2.24) is 9.88 Å². The molecular formula is C13H18N4O3. The third kappa shape index (κ3) is 2.81. The van der Waals surface area contributed by atoms with Crippen molar-refractivity contribution in [2.45, 2.75) is 6.92 Å². The van der Waals surface area contributed by atoms with Crippen LogP contribution in [-0.2, 0) is 9.53 Å². The average Bonchev–Trinajstić information content (AvgIpc) is 2.42. The first kappa shape index (κ1) is 14.1. The zero-order valence-corrected chi connectivity index (χ0v) is 11.6. The Labute approximate surface area is 117 Å². The van der Waals surface area contributed by atoms with Crippen LogP contribution in [0.15, 0.2) is 12.3 Å². The van der Waals surface area contributed by atoms with E-state index in [0.29, 0.717) is 18.9 Å². The lowest BCUT2D eigenvalue weighted by Crippen LogP contribution is -2.48. The van der Waals surface area contributed by atoms with Crippen LogP contribution in [0.3, 0.4) is 0 Å². The van der Waals surface area contributed by atoms with Gasteiger partial charge in [-0.25, -0.2) is 9.78 Å². The Hall–Kier alpha value is -2.31. The number of nitrogens with zero attached hydrogens (tertiary/aromatic N) is 3. The topological polar surface area (TPSA) is 88.8 Å². The molecule has 7 heteroatoms. The maximum atomic E-state index is 11.8. The molecule has 1 aliphatic heterocycles. The second kappa shape index (κ2) is 5.77. The Morgan fingerprint density at radius 3 is 2.90 bits per heavy atom. The largest absolute Gasteiger partial charge is 0.462 e. The Morgan fingerprint density at radius 2 is 2.25 bits per heavy atom. The molecule has 0 atom stereocenters. The van der Waals surface area contributed by atoms with Crippen LogP contribution >= 0.6 is 0 Å². The zero-order chi connectivity index (χ0) is 14.7. The van der Waals surface area contributed by atoms with Crippen molar-refractivity contribution in [3.8, 4) is 0 Å². The van der Waals surface area contributed by atoms with Gasteiger partial charge in [-0.3, -0.25) is 4.79 Å². The van der Waals surface area contributed by atoms with Gasteiger partial charge in [0, 0.05) is 20.1 Å². The summed E-state index contributed by atoms with van der Waals surface area (Å²) >= 11 is 0. The van der Waals surface area contributed by atoms with Gasteiger partial charge in [0.2, 0.25) is 5.91 Å². The molecule has 0 radical (unpaired) electrons. The third-order valence-corrected chi connectivity index (χ3v) is 3.20. The minimum atomic E-state index is -0.478. The number of rotatable bonds is 3. The van der Waals surface area contributed by atoms with E-state index in [9.17, 15) is 9.59 Å².